The number of halogens is 2. The van der Waals surface area contributed by atoms with Crippen LogP contribution in [-0.2, 0) is 17.8 Å². The molecule has 2 aromatic rings. The first-order valence-corrected chi connectivity index (χ1v) is 6.90. The van der Waals surface area contributed by atoms with Crippen LogP contribution in [0.2, 0.25) is 0 Å². The Hall–Kier alpha value is -2.50. The van der Waals surface area contributed by atoms with Gasteiger partial charge in [0.1, 0.15) is 5.75 Å². The summed E-state index contributed by atoms with van der Waals surface area (Å²) in [4.78, 5) is 12.0. The van der Waals surface area contributed by atoms with Crippen LogP contribution < -0.4 is 14.6 Å². The number of pyridine rings is 1. The fourth-order valence-corrected chi connectivity index (χ4v) is 1.95. The Labute approximate surface area is 127 Å². The lowest BCUT2D eigenvalue weighted by molar-refractivity contribution is -0.684. The van der Waals surface area contributed by atoms with Crippen LogP contribution in [0, 0.1) is 0 Å². The van der Waals surface area contributed by atoms with Crippen molar-refractivity contribution in [1.29, 1.82) is 0 Å². The number of carbonyl (C=O) groups excluding carboxylic acids is 1. The minimum absolute atomic E-state index is 0.0582. The molecule has 22 heavy (non-hydrogen) atoms. The van der Waals surface area contributed by atoms with Crippen molar-refractivity contribution >= 4 is 11.6 Å². The molecule has 6 heteroatoms. The maximum atomic E-state index is 12.3. The number of aromatic nitrogens is 1. The summed E-state index contributed by atoms with van der Waals surface area (Å²) in [6, 6.07) is 9.95. The first kappa shape index (κ1) is 15.9. The summed E-state index contributed by atoms with van der Waals surface area (Å²) >= 11 is 0. The molecule has 0 aliphatic rings. The van der Waals surface area contributed by atoms with Crippen molar-refractivity contribution < 1.29 is 22.9 Å². The number of hydrogen-bond acceptors (Lipinski definition) is 2. The molecule has 0 radical (unpaired) electrons. The maximum absolute atomic E-state index is 12.3. The molecule has 0 atom stereocenters. The first-order chi connectivity index (χ1) is 10.6. The number of benzene rings is 1. The van der Waals surface area contributed by atoms with Crippen LogP contribution in [-0.4, -0.2) is 12.5 Å². The lowest BCUT2D eigenvalue weighted by Gasteiger charge is -2.10. The first-order valence-electron chi connectivity index (χ1n) is 6.90. The van der Waals surface area contributed by atoms with Gasteiger partial charge in [0, 0.05) is 12.1 Å². The van der Waals surface area contributed by atoms with Crippen molar-refractivity contribution in [3.05, 3.63) is 54.4 Å². The molecule has 1 heterocycles. The van der Waals surface area contributed by atoms with E-state index >= 15 is 0 Å². The Kier molecular flexibility index (Phi) is 5.41. The summed E-state index contributed by atoms with van der Waals surface area (Å²) in [6.45, 7) is -0.798. The number of nitrogens with one attached hydrogen (secondary N) is 1. The SMILES string of the molecule is CCc1cc[n+](CC(=O)Nc2ccccc2OC(F)F)cc1. The molecule has 0 saturated heterocycles. The predicted molar refractivity (Wildman–Crippen MR) is 77.7 cm³/mol. The topological polar surface area (TPSA) is 42.2 Å². The number of ether oxygens (including phenoxy) is 1. The fraction of sp³-hybridized carbons (Fsp3) is 0.250. The molecule has 0 saturated carbocycles. The zero-order valence-corrected chi connectivity index (χ0v) is 12.1. The average molecular weight is 307 g/mol. The zero-order valence-electron chi connectivity index (χ0n) is 12.1. The van der Waals surface area contributed by atoms with E-state index in [-0.39, 0.29) is 23.9 Å². The van der Waals surface area contributed by atoms with Gasteiger partial charge in [0.15, 0.2) is 12.4 Å². The average Bonchev–Trinajstić information content (AvgIpc) is 2.49. The Balaban J connectivity index is 2.02. The van der Waals surface area contributed by atoms with E-state index in [4.69, 9.17) is 0 Å². The number of aryl methyl sites for hydroxylation is 1. The smallest absolute Gasteiger partial charge is 0.387 e. The standard InChI is InChI=1S/C16H16F2N2O2/c1-2-12-7-9-20(10-8-12)11-15(21)19-13-5-3-4-6-14(13)22-16(17)18/h3-10,16H,2,11H2,1H3/p+1. The maximum Gasteiger partial charge on any atom is 0.387 e. The number of amides is 1. The number of carbonyl (C=O) groups is 1. The van der Waals surface area contributed by atoms with E-state index in [1.807, 2.05) is 19.1 Å². The zero-order chi connectivity index (χ0) is 15.9. The third-order valence-electron chi connectivity index (χ3n) is 3.07. The van der Waals surface area contributed by atoms with Crippen LogP contribution >= 0.6 is 0 Å². The van der Waals surface area contributed by atoms with E-state index in [9.17, 15) is 13.6 Å². The highest BCUT2D eigenvalue weighted by Crippen LogP contribution is 2.25. The van der Waals surface area contributed by atoms with Crippen molar-refractivity contribution in [2.75, 3.05) is 5.32 Å². The summed E-state index contributed by atoms with van der Waals surface area (Å²) in [6.07, 6.45) is 4.53. The van der Waals surface area contributed by atoms with Crippen molar-refractivity contribution in [1.82, 2.24) is 0 Å². The normalized spacial score (nSPS) is 10.5. The van der Waals surface area contributed by atoms with Crippen LogP contribution in [0.15, 0.2) is 48.8 Å². The van der Waals surface area contributed by atoms with Gasteiger partial charge in [-0.15, -0.1) is 0 Å². The van der Waals surface area contributed by atoms with E-state index in [0.29, 0.717) is 0 Å². The van der Waals surface area contributed by atoms with Gasteiger partial charge >= 0.3 is 6.61 Å². The van der Waals surface area contributed by atoms with Crippen molar-refractivity contribution in [3.63, 3.8) is 0 Å². The largest absolute Gasteiger partial charge is 0.433 e. The van der Waals surface area contributed by atoms with Gasteiger partial charge in [-0.05, 0) is 24.1 Å². The number of nitrogens with zero attached hydrogens (tertiary/aromatic N) is 1. The molecule has 1 amide bonds. The molecule has 0 aliphatic carbocycles. The summed E-state index contributed by atoms with van der Waals surface area (Å²) in [5, 5.41) is 2.57. The fourth-order valence-electron chi connectivity index (χ4n) is 1.95. The molecule has 0 fully saturated rings. The van der Waals surface area contributed by atoms with Gasteiger partial charge in [0.05, 0.1) is 5.69 Å². The number of hydrogen-bond donors (Lipinski definition) is 1. The second kappa shape index (κ2) is 7.49. The summed E-state index contributed by atoms with van der Waals surface area (Å²) < 4.78 is 30.7. The molecule has 1 N–H and O–H groups in total. The van der Waals surface area contributed by atoms with Gasteiger partial charge in [-0.2, -0.15) is 13.3 Å². The van der Waals surface area contributed by atoms with E-state index in [0.717, 1.165) is 6.42 Å². The van der Waals surface area contributed by atoms with Crippen LogP contribution in [0.1, 0.15) is 12.5 Å². The van der Waals surface area contributed by atoms with Crippen LogP contribution in [0.3, 0.4) is 0 Å². The van der Waals surface area contributed by atoms with Crippen LogP contribution in [0.5, 0.6) is 5.75 Å². The minimum Gasteiger partial charge on any atom is -0.433 e. The Bertz CT molecular complexity index is 630. The lowest BCUT2D eigenvalue weighted by atomic mass is 10.2. The van der Waals surface area contributed by atoms with Crippen molar-refractivity contribution in [3.8, 4) is 5.75 Å². The van der Waals surface area contributed by atoms with E-state index in [2.05, 4.69) is 10.1 Å². The van der Waals surface area contributed by atoms with Crippen LogP contribution in [0.25, 0.3) is 0 Å². The van der Waals surface area contributed by atoms with Gasteiger partial charge in [0.2, 0.25) is 6.54 Å². The summed E-state index contributed by atoms with van der Waals surface area (Å²) in [5.41, 5.74) is 1.39. The highest BCUT2D eigenvalue weighted by molar-refractivity contribution is 5.91. The molecule has 1 aromatic heterocycles. The molecule has 0 unspecified atom stereocenters. The monoisotopic (exact) mass is 307 g/mol. The molecule has 4 nitrogen and oxygen atoms in total. The molecule has 2 rings (SSSR count). The quantitative estimate of drug-likeness (QED) is 0.834. The van der Waals surface area contributed by atoms with E-state index in [1.54, 1.807) is 29.1 Å². The molecule has 0 spiro atoms. The number of rotatable bonds is 6. The van der Waals surface area contributed by atoms with Crippen molar-refractivity contribution in [2.24, 2.45) is 0 Å². The molecule has 116 valence electrons. The molecule has 0 bridgehead atoms. The number of anilines is 1. The van der Waals surface area contributed by atoms with Gasteiger partial charge in [-0.3, -0.25) is 4.79 Å². The molecule has 1 aromatic carbocycles. The van der Waals surface area contributed by atoms with E-state index < -0.39 is 6.61 Å². The van der Waals surface area contributed by atoms with Crippen molar-refractivity contribution in [2.45, 2.75) is 26.5 Å². The van der Waals surface area contributed by atoms with Gasteiger partial charge < -0.3 is 10.1 Å². The minimum atomic E-state index is -2.94. The Morgan fingerprint density at radius 2 is 1.91 bits per heavy atom. The van der Waals surface area contributed by atoms with Gasteiger partial charge in [0.25, 0.3) is 5.91 Å². The highest BCUT2D eigenvalue weighted by atomic mass is 19.3. The molecular formula is C16H17F2N2O2+. The summed E-state index contributed by atoms with van der Waals surface area (Å²) in [5.74, 6) is -0.378. The third kappa shape index (κ3) is 4.51. The second-order valence-corrected chi connectivity index (χ2v) is 4.66. The lowest BCUT2D eigenvalue weighted by Crippen LogP contribution is -2.39. The van der Waals surface area contributed by atoms with E-state index in [1.165, 1.54) is 17.7 Å². The Morgan fingerprint density at radius 3 is 2.55 bits per heavy atom. The third-order valence-corrected chi connectivity index (χ3v) is 3.07. The van der Waals surface area contributed by atoms with Gasteiger partial charge in [-0.25, -0.2) is 0 Å². The Morgan fingerprint density at radius 1 is 1.23 bits per heavy atom. The second-order valence-electron chi connectivity index (χ2n) is 4.66. The summed E-state index contributed by atoms with van der Waals surface area (Å²) in [7, 11) is 0. The van der Waals surface area contributed by atoms with Crippen LogP contribution in [0.4, 0.5) is 14.5 Å². The number of alkyl halides is 2. The van der Waals surface area contributed by atoms with Gasteiger partial charge in [-0.1, -0.05) is 19.1 Å². The highest BCUT2D eigenvalue weighted by Gasteiger charge is 2.14. The predicted octanol–water partition coefficient (Wildman–Crippen LogP) is 2.78. The molecule has 0 aliphatic heterocycles. The number of para-hydroxylation sites is 2. The molecular weight excluding hydrogens is 290 g/mol.